The summed E-state index contributed by atoms with van der Waals surface area (Å²) in [6, 6.07) is 13.7. The molecule has 5 rings (SSSR count). The molecule has 5 heteroatoms. The predicted molar refractivity (Wildman–Crippen MR) is 94.6 cm³/mol. The lowest BCUT2D eigenvalue weighted by Gasteiger charge is -2.26. The quantitative estimate of drug-likeness (QED) is 0.721. The first kappa shape index (κ1) is 14.2. The minimum atomic E-state index is -0.173. The number of ether oxygens (including phenoxy) is 2. The number of pyridine rings is 2. The van der Waals surface area contributed by atoms with E-state index in [0.29, 0.717) is 13.0 Å². The fraction of sp³-hybridized carbons (Fsp3) is 0.150. The SMILES string of the molecule is c1ccc2c(c1)OCC(C1=Nc3cc(-c4ccncc4)cnc3C1)O2. The molecule has 5 nitrogen and oxygen atoms in total. The Morgan fingerprint density at radius 2 is 1.80 bits per heavy atom. The zero-order valence-corrected chi connectivity index (χ0v) is 13.4. The molecular formula is C20H15N3O2. The Balaban J connectivity index is 1.43. The van der Waals surface area contributed by atoms with Gasteiger partial charge in [-0.05, 0) is 35.9 Å². The van der Waals surface area contributed by atoms with Crippen molar-refractivity contribution in [2.45, 2.75) is 12.5 Å². The van der Waals surface area contributed by atoms with Crippen LogP contribution in [0.2, 0.25) is 0 Å². The standard InChI is InChI=1S/C20H15N3O2/c1-2-4-19-18(3-1)24-12-20(25-19)17-10-15-16(23-17)9-14(11-22-15)13-5-7-21-8-6-13/h1-9,11,20H,10,12H2. The highest BCUT2D eigenvalue weighted by atomic mass is 16.6. The topological polar surface area (TPSA) is 56.6 Å². The van der Waals surface area contributed by atoms with Crippen molar-refractivity contribution in [3.8, 4) is 22.6 Å². The summed E-state index contributed by atoms with van der Waals surface area (Å²) < 4.78 is 11.9. The van der Waals surface area contributed by atoms with Crippen LogP contribution < -0.4 is 9.47 Å². The van der Waals surface area contributed by atoms with Crippen molar-refractivity contribution in [2.75, 3.05) is 6.61 Å². The van der Waals surface area contributed by atoms with Crippen LogP contribution in [0.25, 0.3) is 11.1 Å². The third-order valence-corrected chi connectivity index (χ3v) is 4.45. The van der Waals surface area contributed by atoms with Crippen LogP contribution in [0.1, 0.15) is 5.69 Å². The molecule has 0 amide bonds. The maximum atomic E-state index is 6.07. The van der Waals surface area contributed by atoms with E-state index in [1.807, 2.05) is 42.6 Å². The molecule has 1 aromatic carbocycles. The minimum absolute atomic E-state index is 0.173. The maximum Gasteiger partial charge on any atom is 0.171 e. The van der Waals surface area contributed by atoms with Gasteiger partial charge < -0.3 is 9.47 Å². The molecule has 3 aromatic rings. The molecular weight excluding hydrogens is 314 g/mol. The van der Waals surface area contributed by atoms with Gasteiger partial charge in [0.15, 0.2) is 17.6 Å². The summed E-state index contributed by atoms with van der Waals surface area (Å²) in [5, 5.41) is 0. The number of aliphatic imine (C=N–C) groups is 1. The summed E-state index contributed by atoms with van der Waals surface area (Å²) in [4.78, 5) is 13.4. The Morgan fingerprint density at radius 1 is 0.960 bits per heavy atom. The molecule has 0 saturated heterocycles. The van der Waals surface area contributed by atoms with Crippen LogP contribution >= 0.6 is 0 Å². The zero-order valence-electron chi connectivity index (χ0n) is 13.4. The van der Waals surface area contributed by atoms with Crippen LogP contribution in [-0.2, 0) is 6.42 Å². The molecule has 2 aliphatic heterocycles. The van der Waals surface area contributed by atoms with Crippen LogP contribution in [0.4, 0.5) is 5.69 Å². The Hall–Kier alpha value is -3.21. The normalized spacial score (nSPS) is 17.8. The van der Waals surface area contributed by atoms with Crippen LogP contribution in [0.15, 0.2) is 66.0 Å². The van der Waals surface area contributed by atoms with Crippen molar-refractivity contribution in [1.82, 2.24) is 9.97 Å². The predicted octanol–water partition coefficient (Wildman–Crippen LogP) is 3.61. The number of fused-ring (bicyclic) bond motifs is 2. The van der Waals surface area contributed by atoms with Crippen molar-refractivity contribution < 1.29 is 9.47 Å². The monoisotopic (exact) mass is 329 g/mol. The number of rotatable bonds is 2. The smallest absolute Gasteiger partial charge is 0.171 e. The molecule has 25 heavy (non-hydrogen) atoms. The molecule has 0 radical (unpaired) electrons. The lowest BCUT2D eigenvalue weighted by Crippen LogP contribution is -2.36. The summed E-state index contributed by atoms with van der Waals surface area (Å²) in [5.74, 6) is 1.55. The van der Waals surface area contributed by atoms with Crippen molar-refractivity contribution in [1.29, 1.82) is 0 Å². The molecule has 1 unspecified atom stereocenters. The van der Waals surface area contributed by atoms with Crippen molar-refractivity contribution in [2.24, 2.45) is 4.99 Å². The Morgan fingerprint density at radius 3 is 2.68 bits per heavy atom. The van der Waals surface area contributed by atoms with Gasteiger partial charge in [-0.25, -0.2) is 0 Å². The van der Waals surface area contributed by atoms with E-state index >= 15 is 0 Å². The van der Waals surface area contributed by atoms with E-state index in [1.165, 1.54) is 0 Å². The van der Waals surface area contributed by atoms with E-state index in [1.54, 1.807) is 12.4 Å². The summed E-state index contributed by atoms with van der Waals surface area (Å²) in [5.41, 5.74) is 4.98. The van der Waals surface area contributed by atoms with Gasteiger partial charge in [0.25, 0.3) is 0 Å². The molecule has 2 aliphatic rings. The number of benzene rings is 1. The van der Waals surface area contributed by atoms with E-state index in [2.05, 4.69) is 16.0 Å². The first-order valence-electron chi connectivity index (χ1n) is 8.22. The average molecular weight is 329 g/mol. The second-order valence-electron chi connectivity index (χ2n) is 6.07. The number of hydrogen-bond donors (Lipinski definition) is 0. The average Bonchev–Trinajstić information content (AvgIpc) is 3.11. The third kappa shape index (κ3) is 2.54. The highest BCUT2D eigenvalue weighted by Crippen LogP contribution is 2.35. The highest BCUT2D eigenvalue weighted by molar-refractivity contribution is 5.97. The fourth-order valence-electron chi connectivity index (χ4n) is 3.15. The molecule has 0 fully saturated rings. The van der Waals surface area contributed by atoms with E-state index in [4.69, 9.17) is 14.5 Å². The molecule has 0 saturated carbocycles. The molecule has 0 spiro atoms. The molecule has 2 aromatic heterocycles. The lowest BCUT2D eigenvalue weighted by molar-refractivity contribution is 0.134. The lowest BCUT2D eigenvalue weighted by atomic mass is 10.1. The van der Waals surface area contributed by atoms with Crippen molar-refractivity contribution in [3.05, 3.63) is 66.7 Å². The largest absolute Gasteiger partial charge is 0.485 e. The van der Waals surface area contributed by atoms with E-state index in [-0.39, 0.29) is 6.10 Å². The van der Waals surface area contributed by atoms with E-state index in [9.17, 15) is 0 Å². The molecule has 122 valence electrons. The second kappa shape index (κ2) is 5.70. The third-order valence-electron chi connectivity index (χ3n) is 4.45. The van der Waals surface area contributed by atoms with Gasteiger partial charge in [0.05, 0.1) is 17.1 Å². The van der Waals surface area contributed by atoms with Crippen LogP contribution in [0, 0.1) is 0 Å². The molecule has 0 aliphatic carbocycles. The Labute approximate surface area is 145 Å². The Kier molecular flexibility index (Phi) is 3.23. The maximum absolute atomic E-state index is 6.07. The number of hydrogen-bond acceptors (Lipinski definition) is 5. The van der Waals surface area contributed by atoms with Gasteiger partial charge in [0.2, 0.25) is 0 Å². The van der Waals surface area contributed by atoms with Gasteiger partial charge in [-0.1, -0.05) is 12.1 Å². The summed E-state index contributed by atoms with van der Waals surface area (Å²) >= 11 is 0. The van der Waals surface area contributed by atoms with Gasteiger partial charge in [0.1, 0.15) is 6.61 Å². The van der Waals surface area contributed by atoms with E-state index in [0.717, 1.165) is 39.7 Å². The molecule has 4 heterocycles. The van der Waals surface area contributed by atoms with Crippen molar-refractivity contribution in [3.63, 3.8) is 0 Å². The first-order valence-corrected chi connectivity index (χ1v) is 8.22. The van der Waals surface area contributed by atoms with Crippen LogP contribution in [0.3, 0.4) is 0 Å². The number of para-hydroxylation sites is 2. The van der Waals surface area contributed by atoms with Crippen LogP contribution in [0.5, 0.6) is 11.5 Å². The van der Waals surface area contributed by atoms with Gasteiger partial charge >= 0.3 is 0 Å². The minimum Gasteiger partial charge on any atom is -0.485 e. The van der Waals surface area contributed by atoms with Gasteiger partial charge in [0, 0.05) is 30.6 Å². The summed E-state index contributed by atoms with van der Waals surface area (Å²) in [6.45, 7) is 0.473. The van der Waals surface area contributed by atoms with Crippen LogP contribution in [-0.4, -0.2) is 28.4 Å². The van der Waals surface area contributed by atoms with Gasteiger partial charge in [-0.3, -0.25) is 15.0 Å². The number of nitrogens with zero attached hydrogens (tertiary/aromatic N) is 3. The van der Waals surface area contributed by atoms with Gasteiger partial charge in [-0.2, -0.15) is 0 Å². The second-order valence-corrected chi connectivity index (χ2v) is 6.07. The van der Waals surface area contributed by atoms with Crippen molar-refractivity contribution >= 4 is 11.4 Å². The summed E-state index contributed by atoms with van der Waals surface area (Å²) in [6.07, 6.45) is 5.97. The fourth-order valence-corrected chi connectivity index (χ4v) is 3.15. The Bertz CT molecular complexity index is 970. The first-order chi connectivity index (χ1) is 12.4. The zero-order chi connectivity index (χ0) is 16.6. The summed E-state index contributed by atoms with van der Waals surface area (Å²) in [7, 11) is 0. The van der Waals surface area contributed by atoms with E-state index < -0.39 is 0 Å². The molecule has 0 bridgehead atoms. The van der Waals surface area contributed by atoms with Gasteiger partial charge in [-0.15, -0.1) is 0 Å². The molecule has 1 atom stereocenters. The molecule has 0 N–H and O–H groups in total. The highest BCUT2D eigenvalue weighted by Gasteiger charge is 2.29. The number of aromatic nitrogens is 2.